The van der Waals surface area contributed by atoms with Gasteiger partial charge in [-0.1, -0.05) is 0 Å². The molecule has 136 valence electrons. The number of hydrogen-bond donors (Lipinski definition) is 2. The van der Waals surface area contributed by atoms with Crippen molar-refractivity contribution >= 4 is 35.8 Å². The van der Waals surface area contributed by atoms with E-state index in [-0.39, 0.29) is 24.0 Å². The molecule has 0 aromatic heterocycles. The van der Waals surface area contributed by atoms with Gasteiger partial charge in [0.05, 0.1) is 0 Å². The van der Waals surface area contributed by atoms with Gasteiger partial charge >= 0.3 is 0 Å². The van der Waals surface area contributed by atoms with Crippen LogP contribution in [0.2, 0.25) is 0 Å². The zero-order chi connectivity index (χ0) is 16.0. The average Bonchev–Trinajstić information content (AvgIpc) is 2.92. The molecular formula is C16H33IN4O2. The summed E-state index contributed by atoms with van der Waals surface area (Å²) in [5.74, 6) is 1.17. The molecule has 1 rings (SSSR count). The molecule has 1 saturated heterocycles. The number of likely N-dealkylation sites (tertiary alicyclic amines) is 1. The number of rotatable bonds is 11. The summed E-state index contributed by atoms with van der Waals surface area (Å²) in [6.45, 7) is 7.20. The van der Waals surface area contributed by atoms with Crippen molar-refractivity contribution in [2.75, 3.05) is 46.4 Å². The van der Waals surface area contributed by atoms with Crippen molar-refractivity contribution in [1.82, 2.24) is 15.5 Å². The van der Waals surface area contributed by atoms with Gasteiger partial charge in [-0.3, -0.25) is 9.79 Å². The third-order valence-corrected chi connectivity index (χ3v) is 3.69. The number of nitrogens with zero attached hydrogens (tertiary/aromatic N) is 2. The van der Waals surface area contributed by atoms with E-state index in [0.29, 0.717) is 5.91 Å². The topological polar surface area (TPSA) is 66.0 Å². The highest BCUT2D eigenvalue weighted by Gasteiger charge is 2.18. The van der Waals surface area contributed by atoms with Gasteiger partial charge in [0, 0.05) is 52.9 Å². The fraction of sp³-hybridized carbons (Fsp3) is 0.875. The van der Waals surface area contributed by atoms with E-state index in [0.717, 1.165) is 83.8 Å². The standard InChI is InChI=1S/C16H32N4O2.HI/c1-3-17-16(18-10-5-4-6-14-22-2)19-11-8-13-20-12-7-9-15(20)21;/h3-14H2,1-2H3,(H2,17,18,19);1H. The van der Waals surface area contributed by atoms with E-state index in [4.69, 9.17) is 4.74 Å². The maximum absolute atomic E-state index is 11.5. The molecule has 1 heterocycles. The quantitative estimate of drug-likeness (QED) is 0.223. The molecule has 1 fully saturated rings. The van der Waals surface area contributed by atoms with Crippen LogP contribution in [0.5, 0.6) is 0 Å². The van der Waals surface area contributed by atoms with Crippen molar-refractivity contribution in [2.24, 2.45) is 4.99 Å². The molecule has 0 saturated carbocycles. The van der Waals surface area contributed by atoms with Gasteiger partial charge in [-0.2, -0.15) is 0 Å². The zero-order valence-electron chi connectivity index (χ0n) is 14.6. The molecule has 0 spiro atoms. The minimum absolute atomic E-state index is 0. The summed E-state index contributed by atoms with van der Waals surface area (Å²) in [5.41, 5.74) is 0. The molecule has 0 aromatic carbocycles. The normalized spacial score (nSPS) is 14.8. The highest BCUT2D eigenvalue weighted by molar-refractivity contribution is 14.0. The summed E-state index contributed by atoms with van der Waals surface area (Å²) in [7, 11) is 1.74. The molecule has 0 aromatic rings. The molecule has 1 aliphatic heterocycles. The smallest absolute Gasteiger partial charge is 0.222 e. The maximum Gasteiger partial charge on any atom is 0.222 e. The van der Waals surface area contributed by atoms with E-state index >= 15 is 0 Å². The minimum atomic E-state index is 0. The molecule has 1 amide bonds. The van der Waals surface area contributed by atoms with Gasteiger partial charge in [-0.05, 0) is 39.0 Å². The molecule has 2 N–H and O–H groups in total. The number of methoxy groups -OCH3 is 1. The number of unbranched alkanes of at least 4 members (excludes halogenated alkanes) is 2. The summed E-state index contributed by atoms with van der Waals surface area (Å²) < 4.78 is 5.04. The predicted molar refractivity (Wildman–Crippen MR) is 106 cm³/mol. The van der Waals surface area contributed by atoms with Crippen LogP contribution in [0.4, 0.5) is 0 Å². The summed E-state index contributed by atoms with van der Waals surface area (Å²) >= 11 is 0. The van der Waals surface area contributed by atoms with Crippen LogP contribution in [-0.4, -0.2) is 63.2 Å². The second-order valence-corrected chi connectivity index (χ2v) is 5.58. The first kappa shape index (κ1) is 22.4. The van der Waals surface area contributed by atoms with Gasteiger partial charge < -0.3 is 20.3 Å². The molecule has 0 atom stereocenters. The first-order chi connectivity index (χ1) is 10.8. The summed E-state index contributed by atoms with van der Waals surface area (Å²) in [5, 5.41) is 6.61. The number of amides is 1. The zero-order valence-corrected chi connectivity index (χ0v) is 16.9. The van der Waals surface area contributed by atoms with E-state index in [1.165, 1.54) is 0 Å². The number of ether oxygens (including phenoxy) is 1. The molecule has 23 heavy (non-hydrogen) atoms. The lowest BCUT2D eigenvalue weighted by Gasteiger charge is -2.15. The number of carbonyl (C=O) groups excluding carboxylic acids is 1. The van der Waals surface area contributed by atoms with Gasteiger partial charge in [-0.25, -0.2) is 0 Å². The Bertz CT molecular complexity index is 340. The fourth-order valence-electron chi connectivity index (χ4n) is 2.49. The number of guanidine groups is 1. The lowest BCUT2D eigenvalue weighted by molar-refractivity contribution is -0.127. The number of hydrogen-bond acceptors (Lipinski definition) is 3. The van der Waals surface area contributed by atoms with Crippen LogP contribution >= 0.6 is 24.0 Å². The van der Waals surface area contributed by atoms with Crippen molar-refractivity contribution in [3.8, 4) is 0 Å². The van der Waals surface area contributed by atoms with Crippen molar-refractivity contribution in [1.29, 1.82) is 0 Å². The highest BCUT2D eigenvalue weighted by atomic mass is 127. The molecule has 7 heteroatoms. The average molecular weight is 440 g/mol. The van der Waals surface area contributed by atoms with Crippen LogP contribution in [0.15, 0.2) is 4.99 Å². The number of halogens is 1. The number of aliphatic imine (C=N–C) groups is 1. The van der Waals surface area contributed by atoms with Crippen molar-refractivity contribution in [2.45, 2.75) is 45.4 Å². The van der Waals surface area contributed by atoms with Gasteiger partial charge in [0.15, 0.2) is 5.96 Å². The van der Waals surface area contributed by atoms with Gasteiger partial charge in [0.2, 0.25) is 5.91 Å². The van der Waals surface area contributed by atoms with Crippen LogP contribution in [-0.2, 0) is 9.53 Å². The first-order valence-corrected chi connectivity index (χ1v) is 8.56. The van der Waals surface area contributed by atoms with Crippen molar-refractivity contribution < 1.29 is 9.53 Å². The third kappa shape index (κ3) is 10.8. The van der Waals surface area contributed by atoms with Crippen LogP contribution in [0.1, 0.15) is 45.4 Å². The maximum atomic E-state index is 11.5. The monoisotopic (exact) mass is 440 g/mol. The van der Waals surface area contributed by atoms with E-state index in [9.17, 15) is 4.79 Å². The highest BCUT2D eigenvalue weighted by Crippen LogP contribution is 2.09. The number of carbonyl (C=O) groups is 1. The fourth-order valence-corrected chi connectivity index (χ4v) is 2.49. The van der Waals surface area contributed by atoms with Crippen LogP contribution < -0.4 is 10.6 Å². The summed E-state index contributed by atoms with van der Waals surface area (Å²) in [6, 6.07) is 0. The Labute approximate surface area is 157 Å². The Hall–Kier alpha value is -0.570. The van der Waals surface area contributed by atoms with Crippen LogP contribution in [0.3, 0.4) is 0 Å². The van der Waals surface area contributed by atoms with E-state index in [2.05, 4.69) is 22.5 Å². The minimum Gasteiger partial charge on any atom is -0.385 e. The van der Waals surface area contributed by atoms with Crippen LogP contribution in [0.25, 0.3) is 0 Å². The van der Waals surface area contributed by atoms with E-state index in [1.807, 2.05) is 4.90 Å². The van der Waals surface area contributed by atoms with E-state index < -0.39 is 0 Å². The number of nitrogens with one attached hydrogen (secondary N) is 2. The predicted octanol–water partition coefficient (Wildman–Crippen LogP) is 1.99. The van der Waals surface area contributed by atoms with Gasteiger partial charge in [-0.15, -0.1) is 24.0 Å². The Balaban J connectivity index is 0.00000484. The molecule has 1 aliphatic rings. The second kappa shape index (κ2) is 15.0. The Morgan fingerprint density at radius 3 is 2.74 bits per heavy atom. The van der Waals surface area contributed by atoms with Crippen molar-refractivity contribution in [3.63, 3.8) is 0 Å². The molecule has 0 bridgehead atoms. The Morgan fingerprint density at radius 2 is 2.09 bits per heavy atom. The van der Waals surface area contributed by atoms with Gasteiger partial charge in [0.25, 0.3) is 0 Å². The third-order valence-electron chi connectivity index (χ3n) is 3.69. The second-order valence-electron chi connectivity index (χ2n) is 5.58. The lowest BCUT2D eigenvalue weighted by Crippen LogP contribution is -2.38. The SMILES string of the molecule is CCNC(=NCCCN1CCCC1=O)NCCCCCOC.I. The molecule has 0 radical (unpaired) electrons. The molecule has 6 nitrogen and oxygen atoms in total. The largest absolute Gasteiger partial charge is 0.385 e. The lowest BCUT2D eigenvalue weighted by atomic mass is 10.2. The first-order valence-electron chi connectivity index (χ1n) is 8.56. The molecule has 0 aliphatic carbocycles. The molecular weight excluding hydrogens is 407 g/mol. The van der Waals surface area contributed by atoms with Crippen molar-refractivity contribution in [3.05, 3.63) is 0 Å². The molecule has 0 unspecified atom stereocenters. The Morgan fingerprint density at radius 1 is 1.26 bits per heavy atom. The Kier molecular flexibility index (Phi) is 14.6. The van der Waals surface area contributed by atoms with E-state index in [1.54, 1.807) is 7.11 Å². The van der Waals surface area contributed by atoms with Crippen LogP contribution in [0, 0.1) is 0 Å². The van der Waals surface area contributed by atoms with Gasteiger partial charge in [0.1, 0.15) is 0 Å². The summed E-state index contributed by atoms with van der Waals surface area (Å²) in [4.78, 5) is 18.0. The summed E-state index contributed by atoms with van der Waals surface area (Å²) in [6.07, 6.45) is 6.05.